The summed E-state index contributed by atoms with van der Waals surface area (Å²) < 4.78 is 13.2. The van der Waals surface area contributed by atoms with E-state index in [9.17, 15) is 4.39 Å². The molecular weight excluding hydrogens is 239 g/mol. The van der Waals surface area contributed by atoms with E-state index in [-0.39, 0.29) is 11.9 Å². The topological polar surface area (TPSA) is 29.3 Å². The highest BCUT2D eigenvalue weighted by Gasteiger charge is 2.21. The van der Waals surface area contributed by atoms with Crippen molar-refractivity contribution < 1.29 is 4.39 Å². The van der Waals surface area contributed by atoms with Crippen LogP contribution >= 0.6 is 0 Å². The van der Waals surface area contributed by atoms with Gasteiger partial charge < -0.3 is 5.73 Å². The van der Waals surface area contributed by atoms with Crippen molar-refractivity contribution in [2.75, 3.05) is 13.1 Å². The van der Waals surface area contributed by atoms with E-state index < -0.39 is 0 Å². The molecule has 1 heterocycles. The van der Waals surface area contributed by atoms with Gasteiger partial charge >= 0.3 is 0 Å². The van der Waals surface area contributed by atoms with Crippen LogP contribution in [-0.4, -0.2) is 24.0 Å². The summed E-state index contributed by atoms with van der Waals surface area (Å²) in [5, 5.41) is 0. The minimum atomic E-state index is -0.198. The third kappa shape index (κ3) is 4.02. The zero-order valence-corrected chi connectivity index (χ0v) is 11.8. The van der Waals surface area contributed by atoms with Crippen LogP contribution in [0.1, 0.15) is 50.6 Å². The molecular formula is C16H25FN2. The van der Waals surface area contributed by atoms with E-state index in [0.717, 1.165) is 18.7 Å². The van der Waals surface area contributed by atoms with Gasteiger partial charge in [0.05, 0.1) is 0 Å². The number of rotatable bonds is 4. The molecule has 1 aliphatic heterocycles. The maximum atomic E-state index is 13.2. The summed E-state index contributed by atoms with van der Waals surface area (Å²) in [6.07, 6.45) is 6.35. The first-order chi connectivity index (χ1) is 9.20. The molecule has 0 saturated carbocycles. The van der Waals surface area contributed by atoms with E-state index in [0.29, 0.717) is 6.04 Å². The number of hydrogen-bond acceptors (Lipinski definition) is 2. The van der Waals surface area contributed by atoms with Crippen molar-refractivity contribution in [3.8, 4) is 0 Å². The predicted octanol–water partition coefficient (Wildman–Crippen LogP) is 3.48. The fourth-order valence-corrected chi connectivity index (χ4v) is 3.03. The molecule has 1 aliphatic rings. The van der Waals surface area contributed by atoms with Crippen molar-refractivity contribution in [3.05, 3.63) is 35.6 Å². The molecule has 0 spiro atoms. The SMILES string of the molecule is CCC1CCCCCN1CC(N)c1cccc(F)c1. The highest BCUT2D eigenvalue weighted by molar-refractivity contribution is 5.20. The standard InChI is InChI=1S/C16H25FN2/c1-2-15-9-4-3-5-10-19(15)12-16(18)13-7-6-8-14(17)11-13/h6-8,11,15-16H,2-5,9-10,12,18H2,1H3. The zero-order valence-electron chi connectivity index (χ0n) is 11.8. The average molecular weight is 264 g/mol. The van der Waals surface area contributed by atoms with Crippen molar-refractivity contribution >= 4 is 0 Å². The van der Waals surface area contributed by atoms with Gasteiger partial charge in [0.2, 0.25) is 0 Å². The van der Waals surface area contributed by atoms with Crippen LogP contribution in [0.25, 0.3) is 0 Å². The van der Waals surface area contributed by atoms with Gasteiger partial charge in [-0.1, -0.05) is 31.9 Å². The van der Waals surface area contributed by atoms with Gasteiger partial charge in [-0.3, -0.25) is 4.90 Å². The highest BCUT2D eigenvalue weighted by Crippen LogP contribution is 2.22. The van der Waals surface area contributed by atoms with Crippen molar-refractivity contribution in [3.63, 3.8) is 0 Å². The predicted molar refractivity (Wildman–Crippen MR) is 77.4 cm³/mol. The van der Waals surface area contributed by atoms with Crippen molar-refractivity contribution in [2.24, 2.45) is 5.73 Å². The lowest BCUT2D eigenvalue weighted by molar-refractivity contribution is 0.183. The Kier molecular flexibility index (Phi) is 5.34. The average Bonchev–Trinajstić information content (AvgIpc) is 2.63. The molecule has 0 aliphatic carbocycles. The molecule has 2 N–H and O–H groups in total. The van der Waals surface area contributed by atoms with Crippen LogP contribution in [0.3, 0.4) is 0 Å². The fraction of sp³-hybridized carbons (Fsp3) is 0.625. The highest BCUT2D eigenvalue weighted by atomic mass is 19.1. The lowest BCUT2D eigenvalue weighted by Gasteiger charge is -2.31. The smallest absolute Gasteiger partial charge is 0.123 e. The molecule has 19 heavy (non-hydrogen) atoms. The van der Waals surface area contributed by atoms with Crippen molar-refractivity contribution in [2.45, 2.75) is 51.1 Å². The lowest BCUT2D eigenvalue weighted by atomic mass is 10.0. The summed E-state index contributed by atoms with van der Waals surface area (Å²) in [6, 6.07) is 7.24. The Morgan fingerprint density at radius 1 is 1.37 bits per heavy atom. The lowest BCUT2D eigenvalue weighted by Crippen LogP contribution is -2.39. The largest absolute Gasteiger partial charge is 0.323 e. The second kappa shape index (κ2) is 7.01. The first-order valence-corrected chi connectivity index (χ1v) is 7.45. The van der Waals surface area contributed by atoms with Gasteiger partial charge in [0.15, 0.2) is 0 Å². The minimum absolute atomic E-state index is 0.0946. The second-order valence-electron chi connectivity index (χ2n) is 5.57. The number of benzene rings is 1. The van der Waals surface area contributed by atoms with Crippen LogP contribution in [0.5, 0.6) is 0 Å². The van der Waals surface area contributed by atoms with Crippen molar-refractivity contribution in [1.29, 1.82) is 0 Å². The van der Waals surface area contributed by atoms with Crippen LogP contribution in [-0.2, 0) is 0 Å². The summed E-state index contributed by atoms with van der Waals surface area (Å²) in [5.74, 6) is -0.198. The van der Waals surface area contributed by atoms with Gasteiger partial charge in [-0.2, -0.15) is 0 Å². The summed E-state index contributed by atoms with van der Waals surface area (Å²) in [7, 11) is 0. The van der Waals surface area contributed by atoms with Gasteiger partial charge in [-0.15, -0.1) is 0 Å². The maximum absolute atomic E-state index is 13.2. The fourth-order valence-electron chi connectivity index (χ4n) is 3.03. The molecule has 3 heteroatoms. The zero-order chi connectivity index (χ0) is 13.7. The van der Waals surface area contributed by atoms with Crippen molar-refractivity contribution in [1.82, 2.24) is 4.90 Å². The normalized spacial score (nSPS) is 23.0. The Morgan fingerprint density at radius 3 is 2.95 bits per heavy atom. The molecule has 1 aromatic carbocycles. The maximum Gasteiger partial charge on any atom is 0.123 e. The van der Waals surface area contributed by atoms with E-state index in [1.165, 1.54) is 38.2 Å². The Labute approximate surface area is 115 Å². The molecule has 0 bridgehead atoms. The van der Waals surface area contributed by atoms with E-state index in [1.54, 1.807) is 12.1 Å². The Balaban J connectivity index is 2.01. The quantitative estimate of drug-likeness (QED) is 0.902. The molecule has 106 valence electrons. The number of nitrogens with zero attached hydrogens (tertiary/aromatic N) is 1. The van der Waals surface area contributed by atoms with E-state index >= 15 is 0 Å². The van der Waals surface area contributed by atoms with Crippen LogP contribution in [0, 0.1) is 5.82 Å². The molecule has 1 aromatic rings. The van der Waals surface area contributed by atoms with Crippen LogP contribution in [0.4, 0.5) is 4.39 Å². The van der Waals surface area contributed by atoms with Gasteiger partial charge in [0, 0.05) is 18.6 Å². The summed E-state index contributed by atoms with van der Waals surface area (Å²) in [6.45, 7) is 4.21. The minimum Gasteiger partial charge on any atom is -0.323 e. The van der Waals surface area contributed by atoms with Crippen LogP contribution < -0.4 is 5.73 Å². The van der Waals surface area contributed by atoms with E-state index in [1.807, 2.05) is 6.07 Å². The summed E-state index contributed by atoms with van der Waals surface area (Å²) >= 11 is 0. The monoisotopic (exact) mass is 264 g/mol. The van der Waals surface area contributed by atoms with Gasteiger partial charge in [0.1, 0.15) is 5.82 Å². The molecule has 1 saturated heterocycles. The molecule has 2 rings (SSSR count). The Morgan fingerprint density at radius 2 is 2.21 bits per heavy atom. The molecule has 2 atom stereocenters. The third-order valence-corrected chi connectivity index (χ3v) is 4.18. The van der Waals surface area contributed by atoms with Gasteiger partial charge in [-0.05, 0) is 43.5 Å². The Bertz CT molecular complexity index is 394. The van der Waals surface area contributed by atoms with Crippen LogP contribution in [0.2, 0.25) is 0 Å². The van der Waals surface area contributed by atoms with E-state index in [2.05, 4.69) is 11.8 Å². The summed E-state index contributed by atoms with van der Waals surface area (Å²) in [4.78, 5) is 2.50. The number of nitrogens with two attached hydrogens (primary N) is 1. The first kappa shape index (κ1) is 14.5. The molecule has 0 aromatic heterocycles. The molecule has 1 fully saturated rings. The number of likely N-dealkylation sites (tertiary alicyclic amines) is 1. The molecule has 0 amide bonds. The first-order valence-electron chi connectivity index (χ1n) is 7.45. The Hall–Kier alpha value is -0.930. The molecule has 2 unspecified atom stereocenters. The summed E-state index contributed by atoms with van der Waals surface area (Å²) in [5.41, 5.74) is 7.16. The molecule has 2 nitrogen and oxygen atoms in total. The third-order valence-electron chi connectivity index (χ3n) is 4.18. The van der Waals surface area contributed by atoms with Crippen LogP contribution in [0.15, 0.2) is 24.3 Å². The number of hydrogen-bond donors (Lipinski definition) is 1. The molecule has 0 radical (unpaired) electrons. The van der Waals surface area contributed by atoms with Gasteiger partial charge in [-0.25, -0.2) is 4.39 Å². The second-order valence-corrected chi connectivity index (χ2v) is 5.57. The van der Waals surface area contributed by atoms with Gasteiger partial charge in [0.25, 0.3) is 0 Å². The van der Waals surface area contributed by atoms with E-state index in [4.69, 9.17) is 5.73 Å². The number of halogens is 1.